The average molecular weight is 286 g/mol. The lowest BCUT2D eigenvalue weighted by atomic mass is 10.2. The van der Waals surface area contributed by atoms with Gasteiger partial charge in [0.05, 0.1) is 11.2 Å². The predicted molar refractivity (Wildman–Crippen MR) is 70.3 cm³/mol. The van der Waals surface area contributed by atoms with Crippen LogP contribution in [0.2, 0.25) is 5.02 Å². The molecule has 1 heterocycles. The monoisotopic (exact) mass is 285 g/mol. The largest absolute Gasteiger partial charge is 0.480 e. The maximum Gasteiger partial charge on any atom is 0.326 e. The third-order valence-corrected chi connectivity index (χ3v) is 2.78. The van der Waals surface area contributed by atoms with Crippen LogP contribution in [-0.2, 0) is 4.79 Å². The average Bonchev–Trinajstić information content (AvgIpc) is 2.35. The first-order chi connectivity index (χ1) is 8.86. The van der Waals surface area contributed by atoms with Crippen molar-refractivity contribution in [2.24, 2.45) is 0 Å². The number of nitrogens with one attached hydrogen (secondary N) is 1. The van der Waals surface area contributed by atoms with E-state index in [4.69, 9.17) is 16.7 Å². The molecule has 0 fully saturated rings. The molecule has 0 spiro atoms. The van der Waals surface area contributed by atoms with Crippen molar-refractivity contribution in [3.63, 3.8) is 0 Å². The van der Waals surface area contributed by atoms with Gasteiger partial charge in [-0.3, -0.25) is 4.79 Å². The molecule has 0 aliphatic heterocycles. The fraction of sp³-hybridized carbons (Fsp3) is 0.500. The van der Waals surface area contributed by atoms with Crippen LogP contribution in [0.5, 0.6) is 0 Å². The number of hydrogen-bond acceptors (Lipinski definition) is 4. The van der Waals surface area contributed by atoms with Gasteiger partial charge in [0, 0.05) is 5.92 Å². The molecule has 6 nitrogen and oxygen atoms in total. The van der Waals surface area contributed by atoms with E-state index in [1.807, 2.05) is 13.8 Å². The molecule has 0 bridgehead atoms. The van der Waals surface area contributed by atoms with Crippen molar-refractivity contribution >= 4 is 23.5 Å². The molecule has 2 N–H and O–H groups in total. The van der Waals surface area contributed by atoms with Gasteiger partial charge < -0.3 is 10.4 Å². The first kappa shape index (κ1) is 15.4. The molecule has 0 radical (unpaired) electrons. The normalized spacial score (nSPS) is 12.3. The second kappa shape index (κ2) is 6.47. The van der Waals surface area contributed by atoms with Crippen LogP contribution >= 0.6 is 11.6 Å². The molecule has 19 heavy (non-hydrogen) atoms. The topological polar surface area (TPSA) is 92.2 Å². The van der Waals surface area contributed by atoms with E-state index >= 15 is 0 Å². The minimum absolute atomic E-state index is 0.0000617. The molecule has 0 aliphatic rings. The molecular weight excluding hydrogens is 270 g/mol. The van der Waals surface area contributed by atoms with E-state index in [9.17, 15) is 9.59 Å². The van der Waals surface area contributed by atoms with Gasteiger partial charge in [0.1, 0.15) is 17.6 Å². The summed E-state index contributed by atoms with van der Waals surface area (Å²) in [6, 6.07) is -0.957. The minimum Gasteiger partial charge on any atom is -0.480 e. The third-order valence-electron chi connectivity index (χ3n) is 2.51. The number of carbonyl (C=O) groups is 2. The Morgan fingerprint density at radius 2 is 2.11 bits per heavy atom. The number of carboxylic acid groups (broad SMARTS) is 1. The van der Waals surface area contributed by atoms with Crippen molar-refractivity contribution < 1.29 is 14.7 Å². The molecule has 1 atom stereocenters. The van der Waals surface area contributed by atoms with Crippen molar-refractivity contribution in [1.82, 2.24) is 15.3 Å². The number of carboxylic acids is 1. The summed E-state index contributed by atoms with van der Waals surface area (Å²) in [5.74, 6) is -1.17. The number of aliphatic carboxylic acids is 1. The Bertz CT molecular complexity index is 491. The number of aromatic nitrogens is 2. The van der Waals surface area contributed by atoms with Gasteiger partial charge in [0.15, 0.2) is 0 Å². The van der Waals surface area contributed by atoms with E-state index in [0.29, 0.717) is 5.82 Å². The standard InChI is InChI=1S/C12H16ClN3O3/c1-4-8(12(18)19)15-11(17)9-7(13)5-14-10(16-9)6(2)3/h5-6,8H,4H2,1-3H3,(H,15,17)(H,18,19). The molecule has 1 aromatic heterocycles. The van der Waals surface area contributed by atoms with E-state index in [0.717, 1.165) is 0 Å². The Labute approximate surface area is 116 Å². The number of carbonyl (C=O) groups excluding carboxylic acids is 1. The Morgan fingerprint density at radius 1 is 1.47 bits per heavy atom. The lowest BCUT2D eigenvalue weighted by Gasteiger charge is -2.13. The highest BCUT2D eigenvalue weighted by Crippen LogP contribution is 2.16. The second-order valence-corrected chi connectivity index (χ2v) is 4.76. The summed E-state index contributed by atoms with van der Waals surface area (Å²) >= 11 is 5.87. The highest BCUT2D eigenvalue weighted by molar-refractivity contribution is 6.33. The van der Waals surface area contributed by atoms with E-state index in [1.165, 1.54) is 6.20 Å². The number of hydrogen-bond donors (Lipinski definition) is 2. The lowest BCUT2D eigenvalue weighted by molar-refractivity contribution is -0.139. The Kier molecular flexibility index (Phi) is 5.23. The summed E-state index contributed by atoms with van der Waals surface area (Å²) in [5, 5.41) is 11.4. The summed E-state index contributed by atoms with van der Waals surface area (Å²) in [4.78, 5) is 30.9. The van der Waals surface area contributed by atoms with E-state index in [1.54, 1.807) is 6.92 Å². The van der Waals surface area contributed by atoms with E-state index < -0.39 is 17.9 Å². The zero-order valence-corrected chi connectivity index (χ0v) is 11.7. The van der Waals surface area contributed by atoms with Crippen LogP contribution in [0.15, 0.2) is 6.20 Å². The van der Waals surface area contributed by atoms with Gasteiger partial charge in [0.2, 0.25) is 0 Å². The van der Waals surface area contributed by atoms with Gasteiger partial charge >= 0.3 is 5.97 Å². The summed E-state index contributed by atoms with van der Waals surface area (Å²) in [5.41, 5.74) is 0.0000617. The van der Waals surface area contributed by atoms with Crippen LogP contribution in [0.1, 0.15) is 49.4 Å². The number of nitrogens with zero attached hydrogens (tertiary/aromatic N) is 2. The van der Waals surface area contributed by atoms with Crippen LogP contribution in [0.25, 0.3) is 0 Å². The van der Waals surface area contributed by atoms with Crippen molar-refractivity contribution in [3.8, 4) is 0 Å². The number of amides is 1. The van der Waals surface area contributed by atoms with Crippen LogP contribution in [-0.4, -0.2) is 33.0 Å². The maximum atomic E-state index is 12.0. The Balaban J connectivity index is 2.98. The quantitative estimate of drug-likeness (QED) is 0.861. The van der Waals surface area contributed by atoms with Crippen LogP contribution in [0, 0.1) is 0 Å². The molecule has 1 aromatic rings. The molecule has 0 saturated carbocycles. The first-order valence-corrected chi connectivity index (χ1v) is 6.30. The summed E-state index contributed by atoms with van der Waals surface area (Å²) in [6.45, 7) is 5.44. The first-order valence-electron chi connectivity index (χ1n) is 5.92. The SMILES string of the molecule is CCC(NC(=O)c1nc(C(C)C)ncc1Cl)C(=O)O. The Morgan fingerprint density at radius 3 is 2.58 bits per heavy atom. The smallest absolute Gasteiger partial charge is 0.326 e. The van der Waals surface area contributed by atoms with E-state index in [2.05, 4.69) is 15.3 Å². The molecule has 104 valence electrons. The second-order valence-electron chi connectivity index (χ2n) is 4.35. The molecule has 0 aliphatic carbocycles. The zero-order valence-electron chi connectivity index (χ0n) is 11.0. The van der Waals surface area contributed by atoms with Crippen molar-refractivity contribution in [2.45, 2.75) is 39.2 Å². The van der Waals surface area contributed by atoms with Gasteiger partial charge in [-0.05, 0) is 6.42 Å². The van der Waals surface area contributed by atoms with E-state index in [-0.39, 0.29) is 23.1 Å². The summed E-state index contributed by atoms with van der Waals surface area (Å²) in [6.07, 6.45) is 1.63. The number of rotatable bonds is 5. The fourth-order valence-electron chi connectivity index (χ4n) is 1.38. The van der Waals surface area contributed by atoms with Gasteiger partial charge in [0.25, 0.3) is 5.91 Å². The van der Waals surface area contributed by atoms with Gasteiger partial charge in [-0.1, -0.05) is 32.4 Å². The van der Waals surface area contributed by atoms with Crippen LogP contribution in [0.3, 0.4) is 0 Å². The van der Waals surface area contributed by atoms with Gasteiger partial charge in [-0.25, -0.2) is 14.8 Å². The number of halogens is 1. The van der Waals surface area contributed by atoms with Gasteiger partial charge in [-0.15, -0.1) is 0 Å². The maximum absolute atomic E-state index is 12.0. The molecule has 1 rings (SSSR count). The van der Waals surface area contributed by atoms with Crippen LogP contribution in [0.4, 0.5) is 0 Å². The van der Waals surface area contributed by atoms with Crippen molar-refractivity contribution in [2.75, 3.05) is 0 Å². The third kappa shape index (κ3) is 3.89. The Hall–Kier alpha value is -1.69. The summed E-state index contributed by atoms with van der Waals surface area (Å²) in [7, 11) is 0. The molecule has 7 heteroatoms. The fourth-order valence-corrected chi connectivity index (χ4v) is 1.56. The van der Waals surface area contributed by atoms with Gasteiger partial charge in [-0.2, -0.15) is 0 Å². The zero-order chi connectivity index (χ0) is 14.6. The summed E-state index contributed by atoms with van der Waals surface area (Å²) < 4.78 is 0. The molecule has 1 unspecified atom stereocenters. The lowest BCUT2D eigenvalue weighted by Crippen LogP contribution is -2.40. The van der Waals surface area contributed by atoms with Crippen molar-refractivity contribution in [3.05, 3.63) is 22.7 Å². The minimum atomic E-state index is -1.09. The molecule has 0 aromatic carbocycles. The highest BCUT2D eigenvalue weighted by Gasteiger charge is 2.22. The molecular formula is C12H16ClN3O3. The highest BCUT2D eigenvalue weighted by atomic mass is 35.5. The van der Waals surface area contributed by atoms with Crippen LogP contribution < -0.4 is 5.32 Å². The van der Waals surface area contributed by atoms with Crippen molar-refractivity contribution in [1.29, 1.82) is 0 Å². The predicted octanol–water partition coefficient (Wildman–Crippen LogP) is 1.85. The molecule has 1 amide bonds. The molecule has 0 saturated heterocycles.